The van der Waals surface area contributed by atoms with Crippen LogP contribution in [0.15, 0.2) is 67.0 Å². The highest BCUT2D eigenvalue weighted by Crippen LogP contribution is 2.30. The number of rotatable bonds is 4. The molecule has 0 amide bonds. The molecular formula is C19H12FN5O2. The molecule has 0 radical (unpaired) electrons. The Bertz CT molecular complexity index is 1150. The van der Waals surface area contributed by atoms with Crippen LogP contribution in [0.3, 0.4) is 0 Å². The van der Waals surface area contributed by atoms with E-state index in [0.29, 0.717) is 22.4 Å². The number of fused-ring (bicyclic) bond motifs is 1. The number of nitro benzene ring substituents is 1. The number of hydrogen-bond acceptors (Lipinski definition) is 6. The lowest BCUT2D eigenvalue weighted by Gasteiger charge is -2.11. The van der Waals surface area contributed by atoms with Crippen LogP contribution in [0.2, 0.25) is 0 Å². The van der Waals surface area contributed by atoms with Crippen molar-refractivity contribution >= 4 is 28.1 Å². The Morgan fingerprint density at radius 1 is 1.00 bits per heavy atom. The van der Waals surface area contributed by atoms with E-state index >= 15 is 0 Å². The SMILES string of the molecule is O=[N+]([O-])c1ccc2nc(-c3ccccc3F)nc(Nc3ccncc3)c2c1. The predicted molar refractivity (Wildman–Crippen MR) is 99.1 cm³/mol. The first-order valence-corrected chi connectivity index (χ1v) is 8.00. The van der Waals surface area contributed by atoms with Crippen molar-refractivity contribution in [3.8, 4) is 11.4 Å². The summed E-state index contributed by atoms with van der Waals surface area (Å²) in [7, 11) is 0. The summed E-state index contributed by atoms with van der Waals surface area (Å²) in [6, 6.07) is 13.9. The maximum Gasteiger partial charge on any atom is 0.270 e. The summed E-state index contributed by atoms with van der Waals surface area (Å²) < 4.78 is 14.2. The van der Waals surface area contributed by atoms with Gasteiger partial charge in [-0.1, -0.05) is 12.1 Å². The Morgan fingerprint density at radius 3 is 2.52 bits per heavy atom. The highest BCUT2D eigenvalue weighted by molar-refractivity contribution is 5.93. The van der Waals surface area contributed by atoms with Crippen molar-refractivity contribution in [2.45, 2.75) is 0 Å². The molecule has 0 bridgehead atoms. The first-order chi connectivity index (χ1) is 13.1. The molecule has 0 atom stereocenters. The van der Waals surface area contributed by atoms with E-state index in [1.807, 2.05) is 0 Å². The number of anilines is 2. The molecule has 0 unspecified atom stereocenters. The first-order valence-electron chi connectivity index (χ1n) is 8.00. The van der Waals surface area contributed by atoms with E-state index in [1.165, 1.54) is 24.3 Å². The van der Waals surface area contributed by atoms with Gasteiger partial charge in [-0.25, -0.2) is 14.4 Å². The molecular weight excluding hydrogens is 349 g/mol. The van der Waals surface area contributed by atoms with E-state index in [9.17, 15) is 14.5 Å². The average Bonchev–Trinajstić information content (AvgIpc) is 2.68. The summed E-state index contributed by atoms with van der Waals surface area (Å²) in [6.07, 6.45) is 3.21. The average molecular weight is 361 g/mol. The standard InChI is InChI=1S/C19H12FN5O2/c20-16-4-2-1-3-14(16)18-23-17-6-5-13(25(26)27)11-15(17)19(24-18)22-12-7-9-21-10-8-12/h1-11H,(H,21,22,23,24). The number of hydrogen-bond donors (Lipinski definition) is 1. The van der Waals surface area contributed by atoms with E-state index < -0.39 is 10.7 Å². The third-order valence-corrected chi connectivity index (χ3v) is 3.95. The molecule has 0 fully saturated rings. The number of pyridine rings is 1. The van der Waals surface area contributed by atoms with Crippen LogP contribution in [0.1, 0.15) is 0 Å². The smallest absolute Gasteiger partial charge is 0.270 e. The summed E-state index contributed by atoms with van der Waals surface area (Å²) in [6.45, 7) is 0. The zero-order valence-corrected chi connectivity index (χ0v) is 13.8. The maximum atomic E-state index is 14.2. The number of nitrogens with zero attached hydrogens (tertiary/aromatic N) is 4. The second-order valence-electron chi connectivity index (χ2n) is 5.70. The van der Waals surface area contributed by atoms with Crippen LogP contribution < -0.4 is 5.32 Å². The van der Waals surface area contributed by atoms with Crippen LogP contribution >= 0.6 is 0 Å². The minimum absolute atomic E-state index is 0.0810. The van der Waals surface area contributed by atoms with Gasteiger partial charge in [0, 0.05) is 35.6 Å². The highest BCUT2D eigenvalue weighted by Gasteiger charge is 2.15. The van der Waals surface area contributed by atoms with Gasteiger partial charge in [-0.05, 0) is 30.3 Å². The van der Waals surface area contributed by atoms with Crippen LogP contribution in [0.4, 0.5) is 21.6 Å². The molecule has 0 aliphatic heterocycles. The molecule has 27 heavy (non-hydrogen) atoms. The summed E-state index contributed by atoms with van der Waals surface area (Å²) in [4.78, 5) is 23.4. The largest absolute Gasteiger partial charge is 0.339 e. The van der Waals surface area contributed by atoms with Crippen LogP contribution in [-0.4, -0.2) is 19.9 Å². The molecule has 0 saturated heterocycles. The van der Waals surface area contributed by atoms with Gasteiger partial charge in [-0.3, -0.25) is 15.1 Å². The Hall–Kier alpha value is -3.94. The lowest BCUT2D eigenvalue weighted by molar-refractivity contribution is -0.384. The van der Waals surface area contributed by atoms with E-state index in [0.717, 1.165) is 0 Å². The van der Waals surface area contributed by atoms with Crippen molar-refractivity contribution in [2.75, 3.05) is 5.32 Å². The zero-order chi connectivity index (χ0) is 18.8. The molecule has 2 aromatic heterocycles. The van der Waals surface area contributed by atoms with Gasteiger partial charge in [0.2, 0.25) is 0 Å². The fourth-order valence-electron chi connectivity index (χ4n) is 2.66. The van der Waals surface area contributed by atoms with Gasteiger partial charge in [0.05, 0.1) is 16.0 Å². The third-order valence-electron chi connectivity index (χ3n) is 3.95. The van der Waals surface area contributed by atoms with Gasteiger partial charge in [0.25, 0.3) is 5.69 Å². The summed E-state index contributed by atoms with van der Waals surface area (Å²) in [5.41, 5.74) is 1.32. The Labute approximate surface area is 152 Å². The number of aromatic nitrogens is 3. The van der Waals surface area contributed by atoms with Crippen molar-refractivity contribution in [1.29, 1.82) is 0 Å². The summed E-state index contributed by atoms with van der Waals surface area (Å²) >= 11 is 0. The molecule has 0 aliphatic rings. The van der Waals surface area contributed by atoms with Gasteiger partial charge >= 0.3 is 0 Å². The van der Waals surface area contributed by atoms with Gasteiger partial charge in [0.1, 0.15) is 11.6 Å². The minimum atomic E-state index is -0.486. The van der Waals surface area contributed by atoms with Crippen molar-refractivity contribution in [1.82, 2.24) is 15.0 Å². The van der Waals surface area contributed by atoms with E-state index in [1.54, 1.807) is 42.7 Å². The zero-order valence-electron chi connectivity index (χ0n) is 13.8. The van der Waals surface area contributed by atoms with Crippen molar-refractivity contribution in [2.24, 2.45) is 0 Å². The maximum absolute atomic E-state index is 14.2. The number of nitrogens with one attached hydrogen (secondary N) is 1. The van der Waals surface area contributed by atoms with Crippen molar-refractivity contribution in [3.05, 3.63) is 82.9 Å². The topological polar surface area (TPSA) is 93.8 Å². The Morgan fingerprint density at radius 2 is 1.78 bits per heavy atom. The highest BCUT2D eigenvalue weighted by atomic mass is 19.1. The third kappa shape index (κ3) is 3.28. The molecule has 132 valence electrons. The fraction of sp³-hybridized carbons (Fsp3) is 0. The van der Waals surface area contributed by atoms with Crippen LogP contribution in [-0.2, 0) is 0 Å². The second kappa shape index (κ2) is 6.75. The second-order valence-corrected chi connectivity index (χ2v) is 5.70. The molecule has 2 aromatic carbocycles. The predicted octanol–water partition coefficient (Wildman–Crippen LogP) is 4.48. The van der Waals surface area contributed by atoms with Gasteiger partial charge in [-0.15, -0.1) is 0 Å². The van der Waals surface area contributed by atoms with E-state index in [2.05, 4.69) is 20.3 Å². The normalized spacial score (nSPS) is 10.7. The minimum Gasteiger partial charge on any atom is -0.339 e. The summed E-state index contributed by atoms with van der Waals surface area (Å²) in [5.74, 6) is 0.0767. The molecule has 0 spiro atoms. The molecule has 4 rings (SSSR count). The molecule has 7 nitrogen and oxygen atoms in total. The molecule has 8 heteroatoms. The van der Waals surface area contributed by atoms with Crippen LogP contribution in [0.25, 0.3) is 22.3 Å². The number of nitro groups is 1. The molecule has 0 aliphatic carbocycles. The number of benzene rings is 2. The fourth-order valence-corrected chi connectivity index (χ4v) is 2.66. The number of halogens is 1. The number of non-ortho nitro benzene ring substituents is 1. The lowest BCUT2D eigenvalue weighted by atomic mass is 10.1. The lowest BCUT2D eigenvalue weighted by Crippen LogP contribution is -2.01. The van der Waals surface area contributed by atoms with Crippen LogP contribution in [0, 0.1) is 15.9 Å². The van der Waals surface area contributed by atoms with Crippen molar-refractivity contribution in [3.63, 3.8) is 0 Å². The van der Waals surface area contributed by atoms with Gasteiger partial charge in [-0.2, -0.15) is 0 Å². The monoisotopic (exact) mass is 361 g/mol. The molecule has 1 N–H and O–H groups in total. The Kier molecular flexibility index (Phi) is 4.13. The first kappa shape index (κ1) is 16.5. The van der Waals surface area contributed by atoms with E-state index in [4.69, 9.17) is 0 Å². The van der Waals surface area contributed by atoms with Gasteiger partial charge < -0.3 is 5.32 Å². The quantitative estimate of drug-likeness (QED) is 0.425. The van der Waals surface area contributed by atoms with Crippen LogP contribution in [0.5, 0.6) is 0 Å². The summed E-state index contributed by atoms with van der Waals surface area (Å²) in [5, 5.41) is 14.7. The van der Waals surface area contributed by atoms with E-state index in [-0.39, 0.29) is 17.1 Å². The molecule has 4 aromatic rings. The molecule has 0 saturated carbocycles. The van der Waals surface area contributed by atoms with Gasteiger partial charge in [0.15, 0.2) is 5.82 Å². The Balaban J connectivity index is 1.93. The van der Waals surface area contributed by atoms with Crippen molar-refractivity contribution < 1.29 is 9.31 Å². The molecule has 2 heterocycles.